The van der Waals surface area contributed by atoms with Crippen LogP contribution in [0.3, 0.4) is 0 Å². The summed E-state index contributed by atoms with van der Waals surface area (Å²) in [7, 11) is 2.01. The third kappa shape index (κ3) is 5.14. The first kappa shape index (κ1) is 13.0. The van der Waals surface area contributed by atoms with E-state index in [0.717, 1.165) is 18.9 Å². The highest BCUT2D eigenvalue weighted by molar-refractivity contribution is 5.38. The molecular formula is C13H22N2O. The Kier molecular flexibility index (Phi) is 5.90. The first-order valence-electron chi connectivity index (χ1n) is 5.79. The minimum absolute atomic E-state index is 0.712. The molecule has 0 aliphatic carbocycles. The van der Waals surface area contributed by atoms with E-state index < -0.39 is 0 Å². The zero-order chi connectivity index (χ0) is 11.8. The lowest BCUT2D eigenvalue weighted by Crippen LogP contribution is -2.31. The van der Waals surface area contributed by atoms with Gasteiger partial charge in [-0.1, -0.05) is 17.7 Å². The molecule has 1 aromatic rings. The zero-order valence-corrected chi connectivity index (χ0v) is 10.2. The van der Waals surface area contributed by atoms with Gasteiger partial charge in [0.05, 0.1) is 0 Å². The largest absolute Gasteiger partial charge is 0.399 e. The van der Waals surface area contributed by atoms with Crippen LogP contribution in [0.15, 0.2) is 24.3 Å². The van der Waals surface area contributed by atoms with Gasteiger partial charge in [-0.25, -0.2) is 0 Å². The minimum Gasteiger partial charge on any atom is -0.399 e. The van der Waals surface area contributed by atoms with Crippen LogP contribution in [0.25, 0.3) is 0 Å². The van der Waals surface area contributed by atoms with Crippen LogP contribution in [0.2, 0.25) is 0 Å². The average molecular weight is 222 g/mol. The van der Waals surface area contributed by atoms with Crippen molar-refractivity contribution in [2.24, 2.45) is 0 Å². The van der Waals surface area contributed by atoms with Gasteiger partial charge in [0.2, 0.25) is 0 Å². The second kappa shape index (κ2) is 7.25. The molecule has 0 unspecified atom stereocenters. The molecule has 0 aromatic heterocycles. The Morgan fingerprint density at radius 2 is 1.75 bits per heavy atom. The molecule has 0 spiro atoms. The lowest BCUT2D eigenvalue weighted by molar-refractivity contribution is 0.0799. The molecular weight excluding hydrogens is 200 g/mol. The SMILES string of the molecule is CNC1CCOCC1.Cc1ccc(N)cc1. The molecule has 3 nitrogen and oxygen atoms in total. The minimum atomic E-state index is 0.712. The highest BCUT2D eigenvalue weighted by Gasteiger charge is 2.09. The fourth-order valence-electron chi connectivity index (χ4n) is 1.55. The van der Waals surface area contributed by atoms with E-state index in [-0.39, 0.29) is 0 Å². The van der Waals surface area contributed by atoms with Gasteiger partial charge in [-0.2, -0.15) is 0 Å². The van der Waals surface area contributed by atoms with Gasteiger partial charge in [0, 0.05) is 24.9 Å². The van der Waals surface area contributed by atoms with E-state index in [2.05, 4.69) is 5.32 Å². The second-order valence-corrected chi connectivity index (χ2v) is 4.09. The molecule has 0 bridgehead atoms. The predicted molar refractivity (Wildman–Crippen MR) is 68.5 cm³/mol. The van der Waals surface area contributed by atoms with Crippen molar-refractivity contribution in [1.82, 2.24) is 5.32 Å². The number of ether oxygens (including phenoxy) is 1. The highest BCUT2D eigenvalue weighted by atomic mass is 16.5. The monoisotopic (exact) mass is 222 g/mol. The van der Waals surface area contributed by atoms with E-state index in [4.69, 9.17) is 10.5 Å². The molecule has 1 aliphatic heterocycles. The summed E-state index contributed by atoms with van der Waals surface area (Å²) in [5.41, 5.74) is 7.51. The number of hydrogen-bond acceptors (Lipinski definition) is 3. The van der Waals surface area contributed by atoms with E-state index >= 15 is 0 Å². The highest BCUT2D eigenvalue weighted by Crippen LogP contribution is 2.04. The van der Waals surface area contributed by atoms with Gasteiger partial charge in [-0.05, 0) is 38.9 Å². The standard InChI is InChI=1S/C7H9N.C6H13NO/c1-6-2-4-7(8)5-3-6;1-7-6-2-4-8-5-3-6/h2-5H,8H2,1H3;6-7H,2-5H2,1H3. The molecule has 3 N–H and O–H groups in total. The van der Waals surface area contributed by atoms with E-state index in [1.54, 1.807) is 0 Å². The van der Waals surface area contributed by atoms with Crippen LogP contribution in [0.5, 0.6) is 0 Å². The van der Waals surface area contributed by atoms with Crippen LogP contribution in [-0.4, -0.2) is 26.3 Å². The molecule has 1 saturated heterocycles. The van der Waals surface area contributed by atoms with E-state index in [9.17, 15) is 0 Å². The Hall–Kier alpha value is -1.06. The smallest absolute Gasteiger partial charge is 0.0480 e. The summed E-state index contributed by atoms with van der Waals surface area (Å²) in [6, 6.07) is 8.50. The van der Waals surface area contributed by atoms with Crippen molar-refractivity contribution in [2.75, 3.05) is 26.0 Å². The molecule has 1 heterocycles. The number of nitrogen functional groups attached to an aromatic ring is 1. The lowest BCUT2D eigenvalue weighted by atomic mass is 10.1. The summed E-state index contributed by atoms with van der Waals surface area (Å²) in [6.45, 7) is 3.91. The molecule has 2 rings (SSSR count). The molecule has 0 saturated carbocycles. The van der Waals surface area contributed by atoms with Gasteiger partial charge in [-0.15, -0.1) is 0 Å². The molecule has 90 valence electrons. The number of aryl methyl sites for hydroxylation is 1. The molecule has 0 radical (unpaired) electrons. The van der Waals surface area contributed by atoms with E-state index in [0.29, 0.717) is 6.04 Å². The Bertz CT molecular complexity index is 257. The van der Waals surface area contributed by atoms with Gasteiger partial charge in [0.15, 0.2) is 0 Å². The van der Waals surface area contributed by atoms with Gasteiger partial charge in [0.1, 0.15) is 0 Å². The van der Waals surface area contributed by atoms with Crippen molar-refractivity contribution < 1.29 is 4.74 Å². The van der Waals surface area contributed by atoms with Crippen LogP contribution in [0.4, 0.5) is 5.69 Å². The molecule has 0 atom stereocenters. The fourth-order valence-corrected chi connectivity index (χ4v) is 1.55. The number of benzene rings is 1. The fraction of sp³-hybridized carbons (Fsp3) is 0.538. The first-order valence-corrected chi connectivity index (χ1v) is 5.79. The summed E-state index contributed by atoms with van der Waals surface area (Å²) in [6.07, 6.45) is 2.35. The number of nitrogens with two attached hydrogens (primary N) is 1. The molecule has 16 heavy (non-hydrogen) atoms. The van der Waals surface area contributed by atoms with Crippen LogP contribution >= 0.6 is 0 Å². The molecule has 3 heteroatoms. The Balaban J connectivity index is 0.000000160. The summed E-state index contributed by atoms with van der Waals surface area (Å²) in [5.74, 6) is 0. The van der Waals surface area contributed by atoms with Gasteiger partial charge in [0.25, 0.3) is 0 Å². The molecule has 0 amide bonds. The molecule has 1 aromatic carbocycles. The number of hydrogen-bond donors (Lipinski definition) is 2. The predicted octanol–water partition coefficient (Wildman–Crippen LogP) is 1.96. The molecule has 1 fully saturated rings. The Labute approximate surface area is 98.0 Å². The van der Waals surface area contributed by atoms with Crippen molar-refractivity contribution in [2.45, 2.75) is 25.8 Å². The average Bonchev–Trinajstić information content (AvgIpc) is 2.35. The van der Waals surface area contributed by atoms with Crippen LogP contribution in [0, 0.1) is 6.92 Å². The summed E-state index contributed by atoms with van der Waals surface area (Å²) in [4.78, 5) is 0. The van der Waals surface area contributed by atoms with Gasteiger partial charge < -0.3 is 15.8 Å². The van der Waals surface area contributed by atoms with Crippen LogP contribution < -0.4 is 11.1 Å². The Morgan fingerprint density at radius 3 is 2.12 bits per heavy atom. The maximum atomic E-state index is 5.43. The van der Waals surface area contributed by atoms with Crippen molar-refractivity contribution >= 4 is 5.69 Å². The topological polar surface area (TPSA) is 47.3 Å². The lowest BCUT2D eigenvalue weighted by Gasteiger charge is -2.20. The molecule has 1 aliphatic rings. The third-order valence-corrected chi connectivity index (χ3v) is 2.71. The normalized spacial score (nSPS) is 16.4. The third-order valence-electron chi connectivity index (χ3n) is 2.71. The first-order chi connectivity index (χ1) is 7.72. The zero-order valence-electron chi connectivity index (χ0n) is 10.2. The van der Waals surface area contributed by atoms with E-state index in [1.807, 2.05) is 38.2 Å². The maximum absolute atomic E-state index is 5.43. The summed E-state index contributed by atoms with van der Waals surface area (Å²) < 4.78 is 5.16. The number of anilines is 1. The quantitative estimate of drug-likeness (QED) is 0.714. The Morgan fingerprint density at radius 1 is 1.19 bits per heavy atom. The van der Waals surface area contributed by atoms with Crippen LogP contribution in [0.1, 0.15) is 18.4 Å². The van der Waals surface area contributed by atoms with Crippen molar-refractivity contribution in [3.63, 3.8) is 0 Å². The second-order valence-electron chi connectivity index (χ2n) is 4.09. The van der Waals surface area contributed by atoms with Crippen molar-refractivity contribution in [3.8, 4) is 0 Å². The van der Waals surface area contributed by atoms with Gasteiger partial charge >= 0.3 is 0 Å². The van der Waals surface area contributed by atoms with Crippen LogP contribution in [-0.2, 0) is 4.74 Å². The number of nitrogens with one attached hydrogen (secondary N) is 1. The van der Waals surface area contributed by atoms with Gasteiger partial charge in [-0.3, -0.25) is 0 Å². The number of rotatable bonds is 1. The van der Waals surface area contributed by atoms with Crippen molar-refractivity contribution in [3.05, 3.63) is 29.8 Å². The van der Waals surface area contributed by atoms with E-state index in [1.165, 1.54) is 18.4 Å². The maximum Gasteiger partial charge on any atom is 0.0480 e. The summed E-state index contributed by atoms with van der Waals surface area (Å²) in [5, 5.41) is 3.22. The summed E-state index contributed by atoms with van der Waals surface area (Å²) >= 11 is 0. The van der Waals surface area contributed by atoms with Crippen molar-refractivity contribution in [1.29, 1.82) is 0 Å².